The maximum Gasteiger partial charge on any atom is 0.536 e. The van der Waals surface area contributed by atoms with E-state index < -0.39 is 31.9 Å². The fraction of sp³-hybridized carbons (Fsp3) is 0.603. The molecule has 0 bridgehead atoms. The first-order chi connectivity index (χ1) is 43.7. The molecule has 29 nitrogen and oxygen atoms in total. The van der Waals surface area contributed by atoms with Gasteiger partial charge in [0.2, 0.25) is 0 Å². The Morgan fingerprint density at radius 3 is 1.59 bits per heavy atom. The zero-order chi connectivity index (χ0) is 67.8. The fourth-order valence-corrected chi connectivity index (χ4v) is 9.73. The molecule has 2 atom stereocenters. The van der Waals surface area contributed by atoms with Gasteiger partial charge in [0.1, 0.15) is 60.5 Å². The number of aromatic nitrogens is 8. The van der Waals surface area contributed by atoms with Gasteiger partial charge < -0.3 is 73.8 Å². The van der Waals surface area contributed by atoms with Crippen molar-refractivity contribution >= 4 is 81.9 Å². The van der Waals surface area contributed by atoms with Gasteiger partial charge in [-0.2, -0.15) is 26.3 Å². The number of nitrogens with zero attached hydrogens (tertiary/aromatic N) is 8. The minimum atomic E-state index is -5.60. The number of rotatable bonds is 35. The summed E-state index contributed by atoms with van der Waals surface area (Å²) in [7, 11) is -4.03. The van der Waals surface area contributed by atoms with Crippen molar-refractivity contribution in [3.63, 3.8) is 0 Å². The molecule has 7 aromatic rings. The van der Waals surface area contributed by atoms with Crippen molar-refractivity contribution in [2.24, 2.45) is 0 Å². The average Bonchev–Trinajstić information content (AvgIpc) is 1.65. The van der Waals surface area contributed by atoms with Crippen molar-refractivity contribution < 1.29 is 92.6 Å². The lowest BCUT2D eigenvalue weighted by Gasteiger charge is -2.16. The third kappa shape index (κ3) is 29.9. The van der Waals surface area contributed by atoms with Gasteiger partial charge in [-0.25, -0.2) is 34.6 Å². The monoisotopic (exact) mass is 1390 g/mol. The highest BCUT2D eigenvalue weighted by Gasteiger charge is 2.49. The Kier molecular flexibility index (Phi) is 45.1. The minimum Gasteiger partial charge on any atom is -0.491 e. The maximum atomic E-state index is 11.7. The molecular formula is C58H101F3N12O17P2S. The molecule has 532 valence electrons. The van der Waals surface area contributed by atoms with Crippen LogP contribution < -0.4 is 35.4 Å². The number of phosphoric ester groups is 1. The van der Waals surface area contributed by atoms with E-state index in [9.17, 15) is 36.2 Å². The summed E-state index contributed by atoms with van der Waals surface area (Å²) in [6.45, 7) is 17.0. The second-order valence-corrected chi connectivity index (χ2v) is 22.9. The number of phosphoric acid groups is 1. The number of nitrogen functional groups attached to an aromatic ring is 2. The first kappa shape index (κ1) is 87.3. The molecule has 0 fully saturated rings. The van der Waals surface area contributed by atoms with Crippen molar-refractivity contribution in [1.29, 1.82) is 0 Å². The second kappa shape index (κ2) is 48.1. The molecule has 2 aromatic carbocycles. The summed E-state index contributed by atoms with van der Waals surface area (Å²) < 4.78 is 121. The lowest BCUT2D eigenvalue weighted by atomic mass is 10.1. The number of alkyl halides is 3. The molecule has 0 spiro atoms. The molecule has 5 aromatic heterocycles. The van der Waals surface area contributed by atoms with E-state index in [1.807, 2.05) is 56.7 Å². The van der Waals surface area contributed by atoms with Gasteiger partial charge in [-0.05, 0) is 57.5 Å². The molecule has 0 aliphatic heterocycles. The smallest absolute Gasteiger partial charge is 0.491 e. The molecule has 0 amide bonds. The van der Waals surface area contributed by atoms with Crippen molar-refractivity contribution in [2.45, 2.75) is 120 Å². The number of ether oxygens (including phenoxy) is 6. The van der Waals surface area contributed by atoms with Gasteiger partial charge in [0.05, 0.1) is 87.7 Å². The number of pyridine rings is 2. The summed E-state index contributed by atoms with van der Waals surface area (Å²) in [6.07, 6.45) is 9.81. The van der Waals surface area contributed by atoms with E-state index in [-0.39, 0.29) is 67.7 Å². The highest BCUT2D eigenvalue weighted by atomic mass is 32.2. The molecule has 0 aliphatic rings. The summed E-state index contributed by atoms with van der Waals surface area (Å²) in [6, 6.07) is 11.2. The van der Waals surface area contributed by atoms with E-state index in [1.54, 1.807) is 26.4 Å². The highest BCUT2D eigenvalue weighted by Crippen LogP contribution is 2.43. The van der Waals surface area contributed by atoms with Crippen LogP contribution in [0.5, 0.6) is 11.5 Å². The highest BCUT2D eigenvalue weighted by molar-refractivity contribution is 7.87. The molecule has 7 rings (SSSR count). The molecule has 2 unspecified atom stereocenters. The predicted octanol–water partition coefficient (Wildman–Crippen LogP) is 8.71. The number of nitrogens with two attached hydrogens (primary N) is 2. The number of aryl methyl sites for hydroxylation is 3. The molecule has 5 heterocycles. The van der Waals surface area contributed by atoms with E-state index in [4.69, 9.17) is 68.9 Å². The van der Waals surface area contributed by atoms with E-state index in [1.165, 1.54) is 7.11 Å². The maximum absolute atomic E-state index is 11.7. The summed E-state index contributed by atoms with van der Waals surface area (Å²) in [5.74, 6) is 3.91. The largest absolute Gasteiger partial charge is 0.536 e. The summed E-state index contributed by atoms with van der Waals surface area (Å²) in [5, 5.41) is 34.4. The molecule has 0 radical (unpaired) electrons. The van der Waals surface area contributed by atoms with Gasteiger partial charge >= 0.3 is 23.4 Å². The van der Waals surface area contributed by atoms with Crippen LogP contribution in [-0.2, 0) is 73.1 Å². The summed E-state index contributed by atoms with van der Waals surface area (Å²) in [4.78, 5) is 31.4. The minimum absolute atomic E-state index is 0. The Morgan fingerprint density at radius 2 is 1.17 bits per heavy atom. The molecule has 35 heteroatoms. The lowest BCUT2D eigenvalue weighted by Crippen LogP contribution is -2.32. The number of hydrogen-bond donors (Lipinski definition) is 8. The van der Waals surface area contributed by atoms with Gasteiger partial charge in [-0.3, -0.25) is 18.4 Å². The number of unbranched alkanes of at least 4 members (excludes halogenated alkanes) is 2. The first-order valence-corrected chi connectivity index (χ1v) is 33.6. The topological polar surface area (TPSA) is 380 Å². The Bertz CT molecular complexity index is 3270. The number of fused-ring (bicyclic) bond motifs is 6. The third-order valence-electron chi connectivity index (χ3n) is 11.8. The Balaban J connectivity index is 0.00000124. The molecular weight excluding hydrogens is 1290 g/mol. The third-order valence-corrected chi connectivity index (χ3v) is 15.0. The number of hydrogen-bond acceptors (Lipinski definition) is 25. The number of aliphatic hydroxyl groups is 3. The van der Waals surface area contributed by atoms with Gasteiger partial charge in [-0.15, -0.1) is 0 Å². The second-order valence-electron chi connectivity index (χ2n) is 18.3. The molecule has 0 saturated heterocycles. The van der Waals surface area contributed by atoms with Crippen molar-refractivity contribution in [1.82, 2.24) is 49.0 Å². The molecule has 0 aliphatic carbocycles. The lowest BCUT2D eigenvalue weighted by molar-refractivity contribution is -0.0547. The number of halogens is 3. The zero-order valence-corrected chi connectivity index (χ0v) is 56.1. The SMILES string of the molecule is C.C.CC.CCCCc1nc2c(N)nc3cc(OCCO)ccc3c2n1CCC.CCCCc1nc2c(N)nc3cc(OCCOP(=O)(O)OCCOC)ccc3c2n1CCO.CCOCNP(NC)OCCOC.COCCO.O=S(=O)(On1ccnc1)C(F)(F)F. The number of nitrogens with one attached hydrogen (secondary N) is 2. The van der Waals surface area contributed by atoms with Crippen LogP contribution in [0.25, 0.3) is 43.9 Å². The summed E-state index contributed by atoms with van der Waals surface area (Å²) in [5.41, 5.74) is 11.7. The van der Waals surface area contributed by atoms with Crippen LogP contribution in [0.2, 0.25) is 0 Å². The normalized spacial score (nSPS) is 12.1. The standard InChI is InChI=1S/C21H31N4O7P.C19H26N4O2.C7H19N2O3P.C4H3F3N2O3S.C3H8O2.C2H6.2CH4/c1-3-4-5-18-24-19-20(25(18)8-9-26)16-7-6-15(14-17(16)23-21(19)22)30-11-13-32-33(27,28)31-12-10-29-2;1-3-5-6-16-22-17-18(23(16)9-4-2)14-8-7-13(25-11-10-24)12-15(14)21-19(17)20;1-4-11-7-9-13(8-2)12-6-5-10-3;5-4(6,7)13(10,11)12-9-2-1-8-3-9;1-5-3-2-4;1-2;;/h6-7,14,26H,3-5,8-13H2,1-2H3,(H2,22,23)(H,27,28);7-8,12,24H,3-6,9-11H2,1-2H3,(H2,20,21);8-9H,4-7H2,1-3H3;1-3H;4H,2-3H2,1H3;1-2H3;2*1H4. The van der Waals surface area contributed by atoms with Crippen molar-refractivity contribution in [3.8, 4) is 11.5 Å². The average molecular weight is 1390 g/mol. The molecule has 93 heavy (non-hydrogen) atoms. The van der Waals surface area contributed by atoms with Crippen LogP contribution in [0.1, 0.15) is 100 Å². The van der Waals surface area contributed by atoms with Crippen LogP contribution >= 0.6 is 16.3 Å². The Hall–Kier alpha value is -5.71. The Labute approximate surface area is 545 Å². The van der Waals surface area contributed by atoms with Gasteiger partial charge in [0, 0.05) is 83.0 Å². The molecule has 10 N–H and O–H groups in total. The van der Waals surface area contributed by atoms with E-state index >= 15 is 0 Å². The van der Waals surface area contributed by atoms with E-state index in [2.05, 4.69) is 59.5 Å². The van der Waals surface area contributed by atoms with Gasteiger partial charge in [-0.1, -0.05) is 62.3 Å². The fourth-order valence-electron chi connectivity index (χ4n) is 7.81. The van der Waals surface area contributed by atoms with Crippen LogP contribution in [0.4, 0.5) is 24.8 Å². The quantitative estimate of drug-likeness (QED) is 0.00796. The number of anilines is 2. The van der Waals surface area contributed by atoms with Crippen molar-refractivity contribution in [2.75, 3.05) is 126 Å². The number of imidazole rings is 3. The van der Waals surface area contributed by atoms with E-state index in [0.29, 0.717) is 78.6 Å². The first-order valence-electron chi connectivity index (χ1n) is 29.4. The number of methoxy groups -OCH3 is 3. The van der Waals surface area contributed by atoms with Crippen LogP contribution in [0, 0.1) is 0 Å². The predicted molar refractivity (Wildman–Crippen MR) is 356 cm³/mol. The number of aliphatic hydroxyl groups excluding tert-OH is 3. The number of benzene rings is 2. The van der Waals surface area contributed by atoms with Crippen LogP contribution in [-0.4, -0.2) is 187 Å². The Morgan fingerprint density at radius 1 is 0.677 bits per heavy atom. The van der Waals surface area contributed by atoms with E-state index in [0.717, 1.165) is 115 Å². The molecule has 0 saturated carbocycles. The summed E-state index contributed by atoms with van der Waals surface area (Å²) >= 11 is 0. The van der Waals surface area contributed by atoms with Crippen LogP contribution in [0.3, 0.4) is 0 Å². The van der Waals surface area contributed by atoms with Crippen LogP contribution in [0.15, 0.2) is 55.1 Å². The van der Waals surface area contributed by atoms with Gasteiger partial charge in [0.25, 0.3) is 0 Å². The van der Waals surface area contributed by atoms with Gasteiger partial charge in [0.15, 0.2) is 20.1 Å². The zero-order valence-electron chi connectivity index (χ0n) is 53.5. The van der Waals surface area contributed by atoms with Crippen molar-refractivity contribution in [3.05, 3.63) is 66.8 Å².